The van der Waals surface area contributed by atoms with Gasteiger partial charge in [0.15, 0.2) is 5.78 Å². The van der Waals surface area contributed by atoms with E-state index in [0.717, 1.165) is 21.8 Å². The van der Waals surface area contributed by atoms with Gasteiger partial charge < -0.3 is 9.30 Å². The van der Waals surface area contributed by atoms with Gasteiger partial charge in [-0.15, -0.1) is 11.3 Å². The van der Waals surface area contributed by atoms with Gasteiger partial charge in [0.1, 0.15) is 4.83 Å². The molecule has 0 aliphatic rings. The van der Waals surface area contributed by atoms with E-state index in [4.69, 9.17) is 4.74 Å². The van der Waals surface area contributed by atoms with Crippen molar-refractivity contribution in [3.63, 3.8) is 0 Å². The number of hydrogen-bond acceptors (Lipinski definition) is 5. The molecule has 0 radical (unpaired) electrons. The Morgan fingerprint density at radius 1 is 1.19 bits per heavy atom. The average molecular weight is 436 g/mol. The van der Waals surface area contributed by atoms with Gasteiger partial charge in [-0.25, -0.2) is 4.98 Å². The molecule has 1 atom stereocenters. The van der Waals surface area contributed by atoms with Crippen LogP contribution in [0.15, 0.2) is 53.6 Å². The molecule has 0 bridgehead atoms. The summed E-state index contributed by atoms with van der Waals surface area (Å²) in [7, 11) is 1.67. The Hall–Kier alpha value is -3.03. The molecular formula is C24H25N3O3S. The first-order valence-corrected chi connectivity index (χ1v) is 11.0. The fraction of sp³-hybridized carbons (Fsp3) is 0.292. The maximum absolute atomic E-state index is 13.1. The Morgan fingerprint density at radius 2 is 1.94 bits per heavy atom. The van der Waals surface area contributed by atoms with E-state index in [9.17, 15) is 9.59 Å². The second-order valence-electron chi connectivity index (χ2n) is 7.76. The Balaban J connectivity index is 1.65. The van der Waals surface area contributed by atoms with Crippen molar-refractivity contribution in [3.05, 3.63) is 76.1 Å². The molecule has 0 aliphatic carbocycles. The topological polar surface area (TPSA) is 66.1 Å². The molecule has 3 aromatic heterocycles. The SMILES string of the molecule is COCC(C)n1c(C)cc(C(=O)Cn2cnc3sc(-c4ccccc4)cc3c2=O)c1C. The fourth-order valence-electron chi connectivity index (χ4n) is 4.11. The predicted octanol–water partition coefficient (Wildman–Crippen LogP) is 4.63. The van der Waals surface area contributed by atoms with E-state index in [1.54, 1.807) is 7.11 Å². The number of Topliss-reactive ketones (excluding diaryl/α,β-unsaturated/α-hetero) is 1. The number of aryl methyl sites for hydroxylation is 1. The maximum atomic E-state index is 13.1. The lowest BCUT2D eigenvalue weighted by molar-refractivity contribution is 0.0969. The van der Waals surface area contributed by atoms with Crippen molar-refractivity contribution >= 4 is 27.3 Å². The highest BCUT2D eigenvalue weighted by molar-refractivity contribution is 7.21. The van der Waals surface area contributed by atoms with Crippen molar-refractivity contribution < 1.29 is 9.53 Å². The summed E-state index contributed by atoms with van der Waals surface area (Å²) in [4.78, 5) is 32.2. The predicted molar refractivity (Wildman–Crippen MR) is 124 cm³/mol. The van der Waals surface area contributed by atoms with E-state index < -0.39 is 0 Å². The number of hydrogen-bond donors (Lipinski definition) is 0. The summed E-state index contributed by atoms with van der Waals surface area (Å²) in [6.45, 7) is 6.49. The second kappa shape index (κ2) is 8.61. The molecule has 0 saturated carbocycles. The third kappa shape index (κ3) is 3.98. The number of aromatic nitrogens is 3. The molecule has 0 N–H and O–H groups in total. The molecule has 0 saturated heterocycles. The van der Waals surface area contributed by atoms with Gasteiger partial charge in [0.25, 0.3) is 5.56 Å². The van der Waals surface area contributed by atoms with Crippen molar-refractivity contribution in [2.24, 2.45) is 0 Å². The van der Waals surface area contributed by atoms with E-state index in [-0.39, 0.29) is 23.9 Å². The molecule has 6 nitrogen and oxygen atoms in total. The number of benzene rings is 1. The Morgan fingerprint density at radius 3 is 2.65 bits per heavy atom. The molecule has 160 valence electrons. The summed E-state index contributed by atoms with van der Waals surface area (Å²) in [5.74, 6) is -0.106. The van der Waals surface area contributed by atoms with Crippen LogP contribution in [0, 0.1) is 13.8 Å². The number of rotatable bonds is 7. The number of carbonyl (C=O) groups is 1. The van der Waals surface area contributed by atoms with Crippen LogP contribution in [-0.4, -0.2) is 33.6 Å². The minimum Gasteiger partial charge on any atom is -0.383 e. The number of ketones is 1. The van der Waals surface area contributed by atoms with Crippen molar-refractivity contribution in [1.29, 1.82) is 0 Å². The normalized spacial score (nSPS) is 12.4. The molecule has 4 aromatic rings. The monoisotopic (exact) mass is 435 g/mol. The first-order valence-electron chi connectivity index (χ1n) is 10.2. The van der Waals surface area contributed by atoms with Gasteiger partial charge in [-0.1, -0.05) is 30.3 Å². The molecule has 1 unspecified atom stereocenters. The zero-order chi connectivity index (χ0) is 22.1. The third-order valence-electron chi connectivity index (χ3n) is 5.52. The van der Waals surface area contributed by atoms with Gasteiger partial charge in [0.2, 0.25) is 0 Å². The fourth-order valence-corrected chi connectivity index (χ4v) is 5.11. The molecule has 0 fully saturated rings. The number of nitrogens with zero attached hydrogens (tertiary/aromatic N) is 3. The summed E-state index contributed by atoms with van der Waals surface area (Å²) in [6.07, 6.45) is 1.47. The van der Waals surface area contributed by atoms with Gasteiger partial charge in [-0.3, -0.25) is 14.2 Å². The number of methoxy groups -OCH3 is 1. The molecule has 0 spiro atoms. The van der Waals surface area contributed by atoms with Crippen LogP contribution >= 0.6 is 11.3 Å². The number of ether oxygens (including phenoxy) is 1. The highest BCUT2D eigenvalue weighted by Gasteiger charge is 2.20. The summed E-state index contributed by atoms with van der Waals surface area (Å²) < 4.78 is 8.77. The van der Waals surface area contributed by atoms with Gasteiger partial charge in [-0.2, -0.15) is 0 Å². The Kier molecular flexibility index (Phi) is 5.89. The van der Waals surface area contributed by atoms with E-state index in [0.29, 0.717) is 22.4 Å². The van der Waals surface area contributed by atoms with Crippen LogP contribution in [0.3, 0.4) is 0 Å². The smallest absolute Gasteiger partial charge is 0.262 e. The summed E-state index contributed by atoms with van der Waals surface area (Å²) >= 11 is 1.48. The zero-order valence-electron chi connectivity index (χ0n) is 18.1. The quantitative estimate of drug-likeness (QED) is 0.397. The molecule has 31 heavy (non-hydrogen) atoms. The molecule has 3 heterocycles. The summed E-state index contributed by atoms with van der Waals surface area (Å²) in [5, 5.41) is 0.540. The lowest BCUT2D eigenvalue weighted by Crippen LogP contribution is -2.24. The third-order valence-corrected chi connectivity index (χ3v) is 6.62. The standard InChI is InChI=1S/C24H25N3O3S/c1-15-10-19(17(3)27(15)16(2)13-30-4)21(28)12-26-14-25-23-20(24(26)29)11-22(31-23)18-8-6-5-7-9-18/h5-11,14,16H,12-13H2,1-4H3. The van der Waals surface area contributed by atoms with Crippen LogP contribution in [0.5, 0.6) is 0 Å². The van der Waals surface area contributed by atoms with Crippen LogP contribution in [0.4, 0.5) is 0 Å². The first kappa shape index (κ1) is 21.2. The first-order chi connectivity index (χ1) is 14.9. The molecule has 0 aliphatic heterocycles. The van der Waals surface area contributed by atoms with Gasteiger partial charge in [-0.05, 0) is 38.5 Å². The van der Waals surface area contributed by atoms with E-state index in [1.165, 1.54) is 22.2 Å². The molecule has 1 aromatic carbocycles. The van der Waals surface area contributed by atoms with Crippen LogP contribution in [0.2, 0.25) is 0 Å². The van der Waals surface area contributed by atoms with E-state index in [1.807, 2.05) is 56.3 Å². The highest BCUT2D eigenvalue weighted by atomic mass is 32.1. The second-order valence-corrected chi connectivity index (χ2v) is 8.79. The minimum absolute atomic E-state index is 0.0404. The van der Waals surface area contributed by atoms with E-state index >= 15 is 0 Å². The number of thiophene rings is 1. The Labute approximate surface area is 184 Å². The molecular weight excluding hydrogens is 410 g/mol. The van der Waals surface area contributed by atoms with E-state index in [2.05, 4.69) is 16.5 Å². The number of carbonyl (C=O) groups excluding carboxylic acids is 1. The van der Waals surface area contributed by atoms with Crippen LogP contribution in [-0.2, 0) is 11.3 Å². The minimum atomic E-state index is -0.196. The highest BCUT2D eigenvalue weighted by Crippen LogP contribution is 2.30. The van der Waals surface area contributed by atoms with Crippen molar-refractivity contribution in [2.45, 2.75) is 33.4 Å². The Bertz CT molecular complexity index is 1300. The maximum Gasteiger partial charge on any atom is 0.262 e. The molecule has 0 amide bonds. The molecule has 7 heteroatoms. The van der Waals surface area contributed by atoms with Crippen molar-refractivity contribution in [2.75, 3.05) is 13.7 Å². The molecule has 4 rings (SSSR count). The van der Waals surface area contributed by atoms with Crippen LogP contribution in [0.1, 0.15) is 34.7 Å². The van der Waals surface area contributed by atoms with Gasteiger partial charge in [0.05, 0.1) is 30.9 Å². The van der Waals surface area contributed by atoms with Crippen LogP contribution in [0.25, 0.3) is 20.7 Å². The van der Waals surface area contributed by atoms with Crippen LogP contribution < -0.4 is 5.56 Å². The zero-order valence-corrected chi connectivity index (χ0v) is 18.9. The lowest BCUT2D eigenvalue weighted by atomic mass is 10.1. The van der Waals surface area contributed by atoms with Crippen molar-refractivity contribution in [1.82, 2.24) is 14.1 Å². The summed E-state index contributed by atoms with van der Waals surface area (Å²) in [5.41, 5.74) is 3.36. The van der Waals surface area contributed by atoms with Crippen molar-refractivity contribution in [3.8, 4) is 10.4 Å². The average Bonchev–Trinajstić information content (AvgIpc) is 3.32. The lowest BCUT2D eigenvalue weighted by Gasteiger charge is -2.17. The van der Waals surface area contributed by atoms with Gasteiger partial charge in [0, 0.05) is 28.9 Å². The summed E-state index contributed by atoms with van der Waals surface area (Å²) in [6, 6.07) is 13.8. The van der Waals surface area contributed by atoms with Gasteiger partial charge >= 0.3 is 0 Å². The number of fused-ring (bicyclic) bond motifs is 1. The largest absolute Gasteiger partial charge is 0.383 e.